The summed E-state index contributed by atoms with van der Waals surface area (Å²) in [7, 11) is 0. The van der Waals surface area contributed by atoms with Crippen LogP contribution in [0.25, 0.3) is 0 Å². The van der Waals surface area contributed by atoms with Gasteiger partial charge in [0.15, 0.2) is 0 Å². The van der Waals surface area contributed by atoms with Crippen molar-refractivity contribution < 1.29 is 39.6 Å². The molecule has 0 amide bonds. The van der Waals surface area contributed by atoms with Gasteiger partial charge >= 0.3 is 23.9 Å². The van der Waals surface area contributed by atoms with Gasteiger partial charge in [0.05, 0.1) is 0 Å². The molecule has 0 bridgehead atoms. The zero-order chi connectivity index (χ0) is 35.7. The highest BCUT2D eigenvalue weighted by atomic mass is 16.4. The molecule has 0 heterocycles. The molecule has 0 aromatic carbocycles. The van der Waals surface area contributed by atoms with Crippen LogP contribution in [0.2, 0.25) is 0 Å². The first-order chi connectivity index (χ1) is 23.2. The van der Waals surface area contributed by atoms with E-state index >= 15 is 0 Å². The number of aliphatic carboxylic acids is 4. The number of rotatable bonds is 38. The number of carboxylic acids is 4. The van der Waals surface area contributed by atoms with E-state index in [0.29, 0.717) is 25.8 Å². The van der Waals surface area contributed by atoms with Gasteiger partial charge in [-0.1, -0.05) is 45.4 Å². The summed E-state index contributed by atoms with van der Waals surface area (Å²) in [5.41, 5.74) is 0. The molecule has 0 spiro atoms. The summed E-state index contributed by atoms with van der Waals surface area (Å²) in [6.45, 7) is 10.2. The topological polar surface area (TPSA) is 233 Å². The Morgan fingerprint density at radius 1 is 0.438 bits per heavy atom. The molecule has 3 unspecified atom stereocenters. The van der Waals surface area contributed by atoms with Crippen LogP contribution in [-0.2, 0) is 19.2 Å². The normalized spacial score (nSPS) is 13.3. The lowest BCUT2D eigenvalue weighted by Gasteiger charge is -2.18. The minimum Gasteiger partial charge on any atom is -0.481 e. The van der Waals surface area contributed by atoms with Gasteiger partial charge in [0.1, 0.15) is 18.1 Å². The van der Waals surface area contributed by atoms with Gasteiger partial charge in [-0.05, 0) is 84.1 Å². The summed E-state index contributed by atoms with van der Waals surface area (Å²) in [5.74, 6) is -4.06. The fourth-order valence-corrected chi connectivity index (χ4v) is 5.06. The predicted molar refractivity (Wildman–Crippen MR) is 187 cm³/mol. The number of carboxylic acid groups (broad SMARTS) is 4. The van der Waals surface area contributed by atoms with E-state index in [4.69, 9.17) is 10.2 Å². The SMILES string of the molecule is CCCCNCCNCCNCCCC(NCCCCCCCCNCCCCC(NCNC(CCC(=O)O)C(=O)O)C(=O)O)C(=O)O. The Labute approximate surface area is 287 Å². The van der Waals surface area contributed by atoms with Gasteiger partial charge in [0.25, 0.3) is 0 Å². The van der Waals surface area contributed by atoms with Crippen molar-refractivity contribution in [3.63, 3.8) is 0 Å². The quantitative estimate of drug-likeness (QED) is 0.0325. The van der Waals surface area contributed by atoms with Crippen molar-refractivity contribution in [1.82, 2.24) is 37.2 Å². The van der Waals surface area contributed by atoms with Crippen LogP contribution in [0.3, 0.4) is 0 Å². The Kier molecular flexibility index (Phi) is 31.5. The van der Waals surface area contributed by atoms with Crippen LogP contribution < -0.4 is 37.2 Å². The van der Waals surface area contributed by atoms with Gasteiger partial charge in [-0.15, -0.1) is 0 Å². The number of hydrogen-bond acceptors (Lipinski definition) is 11. The zero-order valence-corrected chi connectivity index (χ0v) is 29.3. The number of hydrogen-bond donors (Lipinski definition) is 11. The van der Waals surface area contributed by atoms with E-state index in [9.17, 15) is 29.4 Å². The molecular formula is C33H67N7O8. The summed E-state index contributed by atoms with van der Waals surface area (Å²) in [4.78, 5) is 45.0. The summed E-state index contributed by atoms with van der Waals surface area (Å²) in [6.07, 6.45) is 11.9. The molecule has 15 heteroatoms. The van der Waals surface area contributed by atoms with Gasteiger partial charge < -0.3 is 47.0 Å². The first kappa shape index (κ1) is 45.6. The molecule has 0 fully saturated rings. The minimum atomic E-state index is -1.18. The van der Waals surface area contributed by atoms with Crippen LogP contribution in [0.4, 0.5) is 0 Å². The zero-order valence-electron chi connectivity index (χ0n) is 29.3. The number of unbranched alkanes of at least 4 members (excludes halogenated alkanes) is 7. The fourth-order valence-electron chi connectivity index (χ4n) is 5.06. The van der Waals surface area contributed by atoms with E-state index in [1.54, 1.807) is 0 Å². The standard InChI is InChI=1S/C33H67N7O8/c1-2-3-17-35-22-24-37-25-23-36-20-12-14-27(31(43)44)38-21-10-7-5-4-6-9-18-34-19-11-8-13-28(32(45)46)39-26-40-29(33(47)48)15-16-30(41)42/h27-29,34-40H,2-26H2,1H3,(H,41,42)(H,43,44)(H,45,46)(H,47,48). The van der Waals surface area contributed by atoms with Crippen LogP contribution >= 0.6 is 0 Å². The Morgan fingerprint density at radius 2 is 0.833 bits per heavy atom. The van der Waals surface area contributed by atoms with Crippen LogP contribution in [-0.4, -0.2) is 128 Å². The van der Waals surface area contributed by atoms with Crippen LogP contribution in [0.1, 0.15) is 103 Å². The lowest BCUT2D eigenvalue weighted by Crippen LogP contribution is -2.47. The van der Waals surface area contributed by atoms with E-state index in [1.165, 1.54) is 12.8 Å². The van der Waals surface area contributed by atoms with Crippen molar-refractivity contribution in [3.05, 3.63) is 0 Å². The molecule has 0 aromatic rings. The summed E-state index contributed by atoms with van der Waals surface area (Å²) in [6, 6.07) is -2.37. The fraction of sp³-hybridized carbons (Fsp3) is 0.879. The second-order valence-electron chi connectivity index (χ2n) is 12.3. The van der Waals surface area contributed by atoms with Gasteiger partial charge in [0, 0.05) is 39.3 Å². The van der Waals surface area contributed by atoms with Crippen molar-refractivity contribution in [1.29, 1.82) is 0 Å². The molecule has 0 aromatic heterocycles. The third-order valence-electron chi connectivity index (χ3n) is 8.02. The average Bonchev–Trinajstić information content (AvgIpc) is 3.04. The monoisotopic (exact) mass is 690 g/mol. The molecule has 48 heavy (non-hydrogen) atoms. The van der Waals surface area contributed by atoms with E-state index in [1.807, 2.05) is 0 Å². The lowest BCUT2D eigenvalue weighted by atomic mass is 10.1. The van der Waals surface area contributed by atoms with E-state index in [0.717, 1.165) is 104 Å². The molecule has 15 nitrogen and oxygen atoms in total. The van der Waals surface area contributed by atoms with Crippen molar-refractivity contribution in [2.24, 2.45) is 0 Å². The number of carbonyl (C=O) groups is 4. The summed E-state index contributed by atoms with van der Waals surface area (Å²) in [5, 5.41) is 59.0. The molecular weight excluding hydrogens is 622 g/mol. The number of nitrogens with one attached hydrogen (secondary N) is 7. The third-order valence-corrected chi connectivity index (χ3v) is 8.02. The highest BCUT2D eigenvalue weighted by Crippen LogP contribution is 2.06. The predicted octanol–water partition coefficient (Wildman–Crippen LogP) is 1.39. The largest absolute Gasteiger partial charge is 0.481 e. The highest BCUT2D eigenvalue weighted by Gasteiger charge is 2.20. The molecule has 0 radical (unpaired) electrons. The summed E-state index contributed by atoms with van der Waals surface area (Å²) >= 11 is 0. The Morgan fingerprint density at radius 3 is 1.38 bits per heavy atom. The average molecular weight is 690 g/mol. The summed E-state index contributed by atoms with van der Waals surface area (Å²) < 4.78 is 0. The third kappa shape index (κ3) is 29.7. The second-order valence-corrected chi connectivity index (χ2v) is 12.3. The van der Waals surface area contributed by atoms with E-state index in [2.05, 4.69) is 44.1 Å². The van der Waals surface area contributed by atoms with Crippen molar-refractivity contribution in [3.8, 4) is 0 Å². The Hall–Kier alpha value is -2.40. The molecule has 0 saturated heterocycles. The molecule has 0 rings (SSSR count). The molecule has 0 aliphatic carbocycles. The van der Waals surface area contributed by atoms with E-state index in [-0.39, 0.29) is 19.5 Å². The molecule has 3 atom stereocenters. The molecule has 11 N–H and O–H groups in total. The van der Waals surface area contributed by atoms with Gasteiger partial charge in [-0.3, -0.25) is 29.8 Å². The van der Waals surface area contributed by atoms with Crippen molar-refractivity contribution in [2.45, 2.75) is 121 Å². The minimum absolute atomic E-state index is 0.0420. The first-order valence-electron chi connectivity index (χ1n) is 18.1. The Balaban J connectivity index is 3.69. The van der Waals surface area contributed by atoms with E-state index < -0.39 is 42.0 Å². The maximum atomic E-state index is 11.6. The molecule has 0 saturated carbocycles. The van der Waals surface area contributed by atoms with Crippen LogP contribution in [0.5, 0.6) is 0 Å². The smallest absolute Gasteiger partial charge is 0.320 e. The molecule has 0 aliphatic rings. The van der Waals surface area contributed by atoms with Gasteiger partial charge in [-0.2, -0.15) is 0 Å². The Bertz CT molecular complexity index is 825. The van der Waals surface area contributed by atoms with Crippen LogP contribution in [0.15, 0.2) is 0 Å². The van der Waals surface area contributed by atoms with Gasteiger partial charge in [-0.25, -0.2) is 0 Å². The maximum Gasteiger partial charge on any atom is 0.320 e. The lowest BCUT2D eigenvalue weighted by molar-refractivity contribution is -0.141. The first-order valence-corrected chi connectivity index (χ1v) is 18.1. The van der Waals surface area contributed by atoms with Crippen LogP contribution in [0, 0.1) is 0 Å². The molecule has 282 valence electrons. The van der Waals surface area contributed by atoms with Crippen molar-refractivity contribution in [2.75, 3.05) is 65.6 Å². The second kappa shape index (κ2) is 33.1. The van der Waals surface area contributed by atoms with Gasteiger partial charge in [0.2, 0.25) is 0 Å². The highest BCUT2D eigenvalue weighted by molar-refractivity contribution is 5.75. The molecule has 0 aliphatic heterocycles. The van der Waals surface area contributed by atoms with Crippen molar-refractivity contribution >= 4 is 23.9 Å². The maximum absolute atomic E-state index is 11.6.